The zero-order valence-electron chi connectivity index (χ0n) is 11.0. The van der Waals surface area contributed by atoms with Gasteiger partial charge >= 0.3 is 5.97 Å². The molecule has 6 heteroatoms. The summed E-state index contributed by atoms with van der Waals surface area (Å²) in [4.78, 5) is 26.8. The van der Waals surface area contributed by atoms with Gasteiger partial charge in [0.15, 0.2) is 0 Å². The highest BCUT2D eigenvalue weighted by Crippen LogP contribution is 2.26. The van der Waals surface area contributed by atoms with Gasteiger partial charge in [-0.1, -0.05) is 13.8 Å². The highest BCUT2D eigenvalue weighted by molar-refractivity contribution is 7.16. The minimum Gasteiger partial charge on any atom is -0.481 e. The molecule has 0 bridgehead atoms. The third-order valence-electron chi connectivity index (χ3n) is 2.41. The Morgan fingerprint density at radius 3 is 2.50 bits per heavy atom. The van der Waals surface area contributed by atoms with Crippen LogP contribution in [-0.2, 0) is 16.0 Å². The molecule has 100 valence electrons. The van der Waals surface area contributed by atoms with Crippen molar-refractivity contribution in [3.8, 4) is 0 Å². The van der Waals surface area contributed by atoms with E-state index in [1.54, 1.807) is 0 Å². The molecule has 0 aliphatic carbocycles. The molecule has 18 heavy (non-hydrogen) atoms. The van der Waals surface area contributed by atoms with E-state index in [2.05, 4.69) is 24.1 Å². The van der Waals surface area contributed by atoms with E-state index < -0.39 is 17.8 Å². The van der Waals surface area contributed by atoms with Crippen LogP contribution in [0.3, 0.4) is 0 Å². The molecule has 1 rings (SSSR count). The van der Waals surface area contributed by atoms with Gasteiger partial charge in [0.25, 0.3) is 0 Å². The zero-order chi connectivity index (χ0) is 13.9. The van der Waals surface area contributed by atoms with Crippen LogP contribution in [0.15, 0.2) is 0 Å². The van der Waals surface area contributed by atoms with Crippen LogP contribution in [0, 0.1) is 18.8 Å². The third kappa shape index (κ3) is 3.80. The molecule has 1 heterocycles. The van der Waals surface area contributed by atoms with E-state index in [4.69, 9.17) is 5.11 Å². The molecule has 1 unspecified atom stereocenters. The number of amides is 1. The number of aromatic nitrogens is 1. The first-order chi connectivity index (χ1) is 8.31. The van der Waals surface area contributed by atoms with Crippen LogP contribution in [0.5, 0.6) is 0 Å². The smallest absolute Gasteiger partial charge is 0.315 e. The molecule has 1 aromatic rings. The van der Waals surface area contributed by atoms with Crippen LogP contribution in [0.2, 0.25) is 0 Å². The van der Waals surface area contributed by atoms with Crippen molar-refractivity contribution in [3.05, 3.63) is 10.7 Å². The summed E-state index contributed by atoms with van der Waals surface area (Å²) in [5.41, 5.74) is 0.832. The van der Waals surface area contributed by atoms with E-state index >= 15 is 0 Å². The van der Waals surface area contributed by atoms with E-state index in [0.29, 0.717) is 10.9 Å². The Balaban J connectivity index is 2.83. The lowest BCUT2D eigenvalue weighted by Crippen LogP contribution is -2.27. The maximum atomic E-state index is 11.7. The lowest BCUT2D eigenvalue weighted by Gasteiger charge is -2.09. The minimum atomic E-state index is -1.13. The normalized spacial score (nSPS) is 12.5. The fourth-order valence-electron chi connectivity index (χ4n) is 1.43. The lowest BCUT2D eigenvalue weighted by atomic mass is 10.1. The van der Waals surface area contributed by atoms with Gasteiger partial charge in [0, 0.05) is 0 Å². The third-order valence-corrected chi connectivity index (χ3v) is 3.33. The summed E-state index contributed by atoms with van der Waals surface area (Å²) >= 11 is 1.38. The second-order valence-electron chi connectivity index (χ2n) is 4.66. The van der Waals surface area contributed by atoms with Crippen LogP contribution < -0.4 is 5.32 Å². The second-order valence-corrected chi connectivity index (χ2v) is 5.86. The molecular formula is C12H18N2O3S. The zero-order valence-corrected chi connectivity index (χ0v) is 11.8. The van der Waals surface area contributed by atoms with Crippen LogP contribution >= 0.6 is 11.3 Å². The number of hydrogen-bond acceptors (Lipinski definition) is 4. The summed E-state index contributed by atoms with van der Waals surface area (Å²) in [6.45, 7) is 7.37. The number of carboxylic acids is 1. The monoisotopic (exact) mass is 270 g/mol. The van der Waals surface area contributed by atoms with Crippen LogP contribution in [0.4, 0.5) is 5.00 Å². The molecule has 1 amide bonds. The van der Waals surface area contributed by atoms with Crippen molar-refractivity contribution in [2.24, 2.45) is 11.8 Å². The number of thiazole rings is 1. The van der Waals surface area contributed by atoms with E-state index in [1.165, 1.54) is 18.3 Å². The molecule has 0 radical (unpaired) electrons. The van der Waals surface area contributed by atoms with Gasteiger partial charge in [-0.25, -0.2) is 4.98 Å². The van der Waals surface area contributed by atoms with Crippen molar-refractivity contribution in [1.82, 2.24) is 4.98 Å². The number of anilines is 1. The summed E-state index contributed by atoms with van der Waals surface area (Å²) < 4.78 is 0. The molecule has 0 spiro atoms. The number of rotatable bonds is 5. The van der Waals surface area contributed by atoms with Gasteiger partial charge < -0.3 is 10.4 Å². The molecule has 0 aliphatic heterocycles. The topological polar surface area (TPSA) is 79.3 Å². The van der Waals surface area contributed by atoms with Crippen LogP contribution in [-0.4, -0.2) is 22.0 Å². The van der Waals surface area contributed by atoms with E-state index in [-0.39, 0.29) is 0 Å². The summed E-state index contributed by atoms with van der Waals surface area (Å²) in [5, 5.41) is 13.0. The van der Waals surface area contributed by atoms with Crippen LogP contribution in [0.1, 0.15) is 31.5 Å². The number of carboxylic acid groups (broad SMARTS) is 1. The molecule has 2 N–H and O–H groups in total. The largest absolute Gasteiger partial charge is 0.481 e. The fraction of sp³-hybridized carbons (Fsp3) is 0.583. The van der Waals surface area contributed by atoms with Crippen molar-refractivity contribution >= 4 is 28.2 Å². The number of carbonyl (C=O) groups excluding carboxylic acids is 1. The van der Waals surface area contributed by atoms with Gasteiger partial charge in [-0.2, -0.15) is 0 Å². The minimum absolute atomic E-state index is 0.430. The molecular weight excluding hydrogens is 252 g/mol. The molecule has 0 aliphatic rings. The predicted molar refractivity (Wildman–Crippen MR) is 70.8 cm³/mol. The summed E-state index contributed by atoms with van der Waals surface area (Å²) in [5.74, 6) is -2.26. The molecule has 1 atom stereocenters. The van der Waals surface area contributed by atoms with Crippen molar-refractivity contribution in [2.45, 2.75) is 34.1 Å². The molecule has 0 saturated heterocycles. The van der Waals surface area contributed by atoms with Crippen molar-refractivity contribution in [3.63, 3.8) is 0 Å². The van der Waals surface area contributed by atoms with Crippen LogP contribution in [0.25, 0.3) is 0 Å². The fourth-order valence-corrected chi connectivity index (χ4v) is 2.27. The highest BCUT2D eigenvalue weighted by atomic mass is 32.1. The Bertz CT molecular complexity index is 454. The summed E-state index contributed by atoms with van der Waals surface area (Å²) in [7, 11) is 0. The van der Waals surface area contributed by atoms with Crippen molar-refractivity contribution in [1.29, 1.82) is 0 Å². The SMILES string of the molecule is Cc1nc(CC(C)C)c(NC(=O)C(C)C(=O)O)s1. The maximum absolute atomic E-state index is 11.7. The Morgan fingerprint density at radius 1 is 1.39 bits per heavy atom. The van der Waals surface area contributed by atoms with E-state index in [9.17, 15) is 9.59 Å². The Hall–Kier alpha value is -1.43. The Morgan fingerprint density at radius 2 is 2.00 bits per heavy atom. The number of nitrogens with zero attached hydrogens (tertiary/aromatic N) is 1. The van der Waals surface area contributed by atoms with Gasteiger partial charge in [-0.3, -0.25) is 9.59 Å². The lowest BCUT2D eigenvalue weighted by molar-refractivity contribution is -0.144. The van der Waals surface area contributed by atoms with E-state index in [1.807, 2.05) is 6.92 Å². The number of carbonyl (C=O) groups is 2. The summed E-state index contributed by atoms with van der Waals surface area (Å²) in [6, 6.07) is 0. The second kappa shape index (κ2) is 5.95. The molecule has 0 fully saturated rings. The van der Waals surface area contributed by atoms with Gasteiger partial charge in [0.05, 0.1) is 10.7 Å². The van der Waals surface area contributed by atoms with Gasteiger partial charge in [0.1, 0.15) is 10.9 Å². The van der Waals surface area contributed by atoms with Gasteiger partial charge in [-0.15, -0.1) is 11.3 Å². The molecule has 0 aromatic carbocycles. The number of nitrogens with one attached hydrogen (secondary N) is 1. The maximum Gasteiger partial charge on any atom is 0.315 e. The van der Waals surface area contributed by atoms with Gasteiger partial charge in [-0.05, 0) is 26.2 Å². The molecule has 5 nitrogen and oxygen atoms in total. The van der Waals surface area contributed by atoms with E-state index in [0.717, 1.165) is 17.1 Å². The summed E-state index contributed by atoms with van der Waals surface area (Å²) in [6.07, 6.45) is 0.765. The predicted octanol–water partition coefficient (Wildman–Crippen LogP) is 2.31. The molecule has 0 saturated carbocycles. The van der Waals surface area contributed by atoms with Crippen molar-refractivity contribution < 1.29 is 14.7 Å². The standard InChI is InChI=1S/C12H18N2O3S/c1-6(2)5-9-11(18-8(4)13-9)14-10(15)7(3)12(16)17/h6-7H,5H2,1-4H3,(H,14,15)(H,16,17). The van der Waals surface area contributed by atoms with Gasteiger partial charge in [0.2, 0.25) is 5.91 Å². The Kier molecular flexibility index (Phi) is 4.84. The molecule has 1 aromatic heterocycles. The quantitative estimate of drug-likeness (QED) is 0.805. The Labute approximate surface area is 110 Å². The average Bonchev–Trinajstić information content (AvgIpc) is 2.56. The van der Waals surface area contributed by atoms with Crippen molar-refractivity contribution in [2.75, 3.05) is 5.32 Å². The first kappa shape index (κ1) is 14.6. The number of hydrogen-bond donors (Lipinski definition) is 2. The number of aliphatic carboxylic acids is 1. The first-order valence-corrected chi connectivity index (χ1v) is 6.63. The average molecular weight is 270 g/mol. The first-order valence-electron chi connectivity index (χ1n) is 5.81. The highest BCUT2D eigenvalue weighted by Gasteiger charge is 2.22. The number of aryl methyl sites for hydroxylation is 1.